The van der Waals surface area contributed by atoms with Gasteiger partial charge in [0.25, 0.3) is 0 Å². The predicted molar refractivity (Wildman–Crippen MR) is 69.7 cm³/mol. The Kier molecular flexibility index (Phi) is 3.05. The number of carbonyl (C=O) groups is 2. The zero-order valence-corrected chi connectivity index (χ0v) is 11.7. The van der Waals surface area contributed by atoms with Crippen molar-refractivity contribution >= 4 is 11.9 Å². The Morgan fingerprint density at radius 3 is 2.81 bits per heavy atom. The zero-order chi connectivity index (χ0) is 15.3. The quantitative estimate of drug-likeness (QED) is 0.742. The van der Waals surface area contributed by atoms with Crippen molar-refractivity contribution < 1.29 is 19.8 Å². The number of carbonyl (C=O) groups excluding carboxylic acids is 1. The van der Waals surface area contributed by atoms with Crippen molar-refractivity contribution in [3.63, 3.8) is 0 Å². The molecule has 112 valence electrons. The molecular weight excluding hydrogens is 276 g/mol. The number of β-lactam (4-membered cyclic amide) rings is 1. The van der Waals surface area contributed by atoms with E-state index in [0.717, 1.165) is 0 Å². The first-order valence-electron chi connectivity index (χ1n) is 6.75. The summed E-state index contributed by atoms with van der Waals surface area (Å²) in [6.45, 7) is 3.55. The van der Waals surface area contributed by atoms with E-state index in [1.165, 1.54) is 4.90 Å². The molecule has 2 aliphatic heterocycles. The highest BCUT2D eigenvalue weighted by atomic mass is 16.4. The van der Waals surface area contributed by atoms with Crippen LogP contribution in [0.5, 0.6) is 0 Å². The van der Waals surface area contributed by atoms with Crippen LogP contribution in [0.4, 0.5) is 0 Å². The Morgan fingerprint density at radius 2 is 2.24 bits per heavy atom. The van der Waals surface area contributed by atoms with E-state index in [1.54, 1.807) is 17.0 Å². The number of aliphatic hydroxyl groups excluding tert-OH is 1. The molecule has 3 rings (SSSR count). The molecule has 0 spiro atoms. The maximum absolute atomic E-state index is 12.3. The number of aliphatic carboxylic acids is 1. The van der Waals surface area contributed by atoms with Crippen LogP contribution in [0.1, 0.15) is 25.6 Å². The SMILES string of the molecule is CC1C=C(C(=O)O)N2C(=O)C([C@@H](C)n3cc(CO)nn3)C12. The first-order valence-corrected chi connectivity index (χ1v) is 6.75. The molecule has 3 heterocycles. The van der Waals surface area contributed by atoms with Crippen LogP contribution < -0.4 is 0 Å². The van der Waals surface area contributed by atoms with Crippen LogP contribution in [0.25, 0.3) is 0 Å². The number of rotatable bonds is 4. The number of fused-ring (bicyclic) bond motifs is 1. The maximum Gasteiger partial charge on any atom is 0.352 e. The number of hydrogen-bond donors (Lipinski definition) is 2. The summed E-state index contributed by atoms with van der Waals surface area (Å²) in [4.78, 5) is 24.8. The highest BCUT2D eigenvalue weighted by Crippen LogP contribution is 2.46. The van der Waals surface area contributed by atoms with Crippen molar-refractivity contribution in [3.8, 4) is 0 Å². The van der Waals surface area contributed by atoms with Crippen molar-refractivity contribution in [2.75, 3.05) is 0 Å². The molecule has 0 radical (unpaired) electrons. The Morgan fingerprint density at radius 1 is 1.52 bits per heavy atom. The Hall–Kier alpha value is -2.22. The first kappa shape index (κ1) is 13.7. The van der Waals surface area contributed by atoms with E-state index in [1.807, 2.05) is 13.8 Å². The molecule has 3 unspecified atom stereocenters. The molecular formula is C13H16N4O4. The molecule has 2 aliphatic rings. The lowest BCUT2D eigenvalue weighted by Crippen LogP contribution is -2.62. The van der Waals surface area contributed by atoms with Gasteiger partial charge in [-0.15, -0.1) is 5.10 Å². The van der Waals surface area contributed by atoms with Gasteiger partial charge in [-0.3, -0.25) is 4.79 Å². The third-order valence-electron chi connectivity index (χ3n) is 4.28. The van der Waals surface area contributed by atoms with E-state index in [9.17, 15) is 9.59 Å². The second-order valence-electron chi connectivity index (χ2n) is 5.53. The molecule has 1 fully saturated rings. The van der Waals surface area contributed by atoms with E-state index in [4.69, 9.17) is 10.2 Å². The smallest absolute Gasteiger partial charge is 0.352 e. The molecule has 4 atom stereocenters. The first-order chi connectivity index (χ1) is 9.95. The molecule has 1 aromatic heterocycles. The van der Waals surface area contributed by atoms with E-state index >= 15 is 0 Å². The Bertz CT molecular complexity index is 638. The van der Waals surface area contributed by atoms with Gasteiger partial charge in [-0.25, -0.2) is 9.48 Å². The average molecular weight is 292 g/mol. The zero-order valence-electron chi connectivity index (χ0n) is 11.7. The molecule has 0 aromatic carbocycles. The average Bonchev–Trinajstić information content (AvgIpc) is 3.01. The van der Waals surface area contributed by atoms with Gasteiger partial charge in [0.2, 0.25) is 5.91 Å². The third-order valence-corrected chi connectivity index (χ3v) is 4.28. The number of carboxylic acids is 1. The van der Waals surface area contributed by atoms with Gasteiger partial charge in [-0.1, -0.05) is 12.1 Å². The Labute approximate surface area is 120 Å². The second-order valence-corrected chi connectivity index (χ2v) is 5.53. The molecule has 0 bridgehead atoms. The van der Waals surface area contributed by atoms with Gasteiger partial charge in [-0.05, 0) is 18.9 Å². The van der Waals surface area contributed by atoms with Gasteiger partial charge < -0.3 is 15.1 Å². The van der Waals surface area contributed by atoms with Crippen LogP contribution in [0, 0.1) is 11.8 Å². The molecule has 8 nitrogen and oxygen atoms in total. The number of nitrogens with zero attached hydrogens (tertiary/aromatic N) is 4. The number of amides is 1. The fourth-order valence-corrected chi connectivity index (χ4v) is 3.22. The van der Waals surface area contributed by atoms with Crippen LogP contribution in [0.3, 0.4) is 0 Å². The van der Waals surface area contributed by atoms with Crippen LogP contribution in [0.2, 0.25) is 0 Å². The summed E-state index contributed by atoms with van der Waals surface area (Å²) in [7, 11) is 0. The molecule has 2 N–H and O–H groups in total. The minimum Gasteiger partial charge on any atom is -0.477 e. The Balaban J connectivity index is 1.83. The maximum atomic E-state index is 12.3. The molecule has 21 heavy (non-hydrogen) atoms. The third kappa shape index (κ3) is 1.86. The van der Waals surface area contributed by atoms with Gasteiger partial charge in [0, 0.05) is 0 Å². The molecule has 0 aliphatic carbocycles. The summed E-state index contributed by atoms with van der Waals surface area (Å²) in [5, 5.41) is 25.9. The summed E-state index contributed by atoms with van der Waals surface area (Å²) < 4.78 is 1.55. The van der Waals surface area contributed by atoms with E-state index in [2.05, 4.69) is 10.3 Å². The van der Waals surface area contributed by atoms with Gasteiger partial charge in [0.15, 0.2) is 0 Å². The van der Waals surface area contributed by atoms with Crippen LogP contribution in [-0.4, -0.2) is 48.0 Å². The van der Waals surface area contributed by atoms with Crippen molar-refractivity contribution in [1.29, 1.82) is 0 Å². The van der Waals surface area contributed by atoms with Crippen LogP contribution >= 0.6 is 0 Å². The summed E-state index contributed by atoms with van der Waals surface area (Å²) in [5.41, 5.74) is 0.505. The predicted octanol–water partition coefficient (Wildman–Crippen LogP) is -0.223. The van der Waals surface area contributed by atoms with E-state index < -0.39 is 5.97 Å². The fraction of sp³-hybridized carbons (Fsp3) is 0.538. The lowest BCUT2D eigenvalue weighted by atomic mass is 9.78. The van der Waals surface area contributed by atoms with Crippen molar-refractivity contribution in [2.45, 2.75) is 32.5 Å². The summed E-state index contributed by atoms with van der Waals surface area (Å²) in [5.74, 6) is -1.62. The van der Waals surface area contributed by atoms with Crippen LogP contribution in [-0.2, 0) is 16.2 Å². The minimum atomic E-state index is -1.08. The molecule has 8 heteroatoms. The van der Waals surface area contributed by atoms with Gasteiger partial charge >= 0.3 is 5.97 Å². The highest BCUT2D eigenvalue weighted by molar-refractivity contribution is 5.99. The molecule has 0 saturated carbocycles. The number of aromatic nitrogens is 3. The summed E-state index contributed by atoms with van der Waals surface area (Å²) >= 11 is 0. The molecule has 1 saturated heterocycles. The van der Waals surface area contributed by atoms with E-state index in [0.29, 0.717) is 5.69 Å². The topological polar surface area (TPSA) is 109 Å². The standard InChI is InChI=1S/C13H16N4O4/c1-6-3-9(13(20)21)17-11(6)10(12(17)19)7(2)16-4-8(5-18)14-15-16/h3-4,6-7,10-11,18H,5H2,1-2H3,(H,20,21)/t6?,7-,10?,11?/m1/s1. The summed E-state index contributed by atoms with van der Waals surface area (Å²) in [6, 6.07) is -0.393. The largest absolute Gasteiger partial charge is 0.477 e. The lowest BCUT2D eigenvalue weighted by Gasteiger charge is -2.47. The van der Waals surface area contributed by atoms with Gasteiger partial charge in [-0.2, -0.15) is 0 Å². The lowest BCUT2D eigenvalue weighted by molar-refractivity contribution is -0.159. The highest BCUT2D eigenvalue weighted by Gasteiger charge is 2.57. The van der Waals surface area contributed by atoms with Gasteiger partial charge in [0.05, 0.1) is 30.8 Å². The van der Waals surface area contributed by atoms with Crippen molar-refractivity contribution in [2.24, 2.45) is 11.8 Å². The van der Waals surface area contributed by atoms with Crippen LogP contribution in [0.15, 0.2) is 18.0 Å². The number of aliphatic hydroxyl groups is 1. The molecule has 1 amide bonds. The minimum absolute atomic E-state index is 0.0120. The normalized spacial score (nSPS) is 28.9. The summed E-state index contributed by atoms with van der Waals surface area (Å²) in [6.07, 6.45) is 3.23. The van der Waals surface area contributed by atoms with Gasteiger partial charge in [0.1, 0.15) is 11.4 Å². The van der Waals surface area contributed by atoms with Crippen molar-refractivity contribution in [3.05, 3.63) is 23.7 Å². The van der Waals surface area contributed by atoms with E-state index in [-0.39, 0.29) is 42.1 Å². The fourth-order valence-electron chi connectivity index (χ4n) is 3.22. The number of carboxylic acid groups (broad SMARTS) is 1. The number of hydrogen-bond acceptors (Lipinski definition) is 5. The molecule has 1 aromatic rings. The monoisotopic (exact) mass is 292 g/mol. The second kappa shape index (κ2) is 4.66. The van der Waals surface area contributed by atoms with Crippen molar-refractivity contribution in [1.82, 2.24) is 19.9 Å².